The third-order valence-corrected chi connectivity index (χ3v) is 3.83. The van der Waals surface area contributed by atoms with Crippen LogP contribution in [0.1, 0.15) is 42.2 Å². The molecule has 0 saturated carbocycles. The summed E-state index contributed by atoms with van der Waals surface area (Å²) in [5.74, 6) is -0.676. The molecule has 0 aliphatic carbocycles. The average Bonchev–Trinajstić information content (AvgIpc) is 2.56. The van der Waals surface area contributed by atoms with Crippen LogP contribution >= 0.6 is 0 Å². The van der Waals surface area contributed by atoms with Gasteiger partial charge in [0.15, 0.2) is 0 Å². The van der Waals surface area contributed by atoms with Gasteiger partial charge in [-0.2, -0.15) is 0 Å². The molecule has 4 nitrogen and oxygen atoms in total. The first-order valence-corrected chi connectivity index (χ1v) is 6.20. The highest BCUT2D eigenvalue weighted by Gasteiger charge is 2.52. The van der Waals surface area contributed by atoms with Crippen LogP contribution in [-0.2, 0) is 9.31 Å². The summed E-state index contributed by atoms with van der Waals surface area (Å²) in [5.41, 5.74) is -0.323. The molecule has 1 saturated heterocycles. The third kappa shape index (κ3) is 2.40. The SMILES string of the molecule is [2H]C([2H])([2H])NC(=O)c1ccccc1B1OC(C)(C)C(C)(C)O1. The van der Waals surface area contributed by atoms with E-state index >= 15 is 0 Å². The van der Waals surface area contributed by atoms with E-state index in [0.29, 0.717) is 5.46 Å². The van der Waals surface area contributed by atoms with Crippen molar-refractivity contribution in [3.8, 4) is 0 Å². The predicted molar refractivity (Wildman–Crippen MR) is 75.5 cm³/mol. The van der Waals surface area contributed by atoms with Crippen molar-refractivity contribution in [3.63, 3.8) is 0 Å². The number of carbonyl (C=O) groups is 1. The first-order chi connectivity index (χ1) is 9.93. The summed E-state index contributed by atoms with van der Waals surface area (Å²) in [4.78, 5) is 12.2. The number of hydrogen-bond donors (Lipinski definition) is 1. The van der Waals surface area contributed by atoms with Gasteiger partial charge in [0.2, 0.25) is 0 Å². The zero-order chi connectivity index (χ0) is 16.8. The first-order valence-electron chi connectivity index (χ1n) is 7.70. The van der Waals surface area contributed by atoms with Gasteiger partial charge in [-0.15, -0.1) is 0 Å². The number of nitrogens with one attached hydrogen (secondary N) is 1. The van der Waals surface area contributed by atoms with Gasteiger partial charge in [0, 0.05) is 16.7 Å². The van der Waals surface area contributed by atoms with Crippen molar-refractivity contribution in [1.29, 1.82) is 0 Å². The normalized spacial score (nSPS) is 23.4. The Morgan fingerprint density at radius 1 is 1.21 bits per heavy atom. The van der Waals surface area contributed by atoms with E-state index in [2.05, 4.69) is 0 Å². The van der Waals surface area contributed by atoms with Gasteiger partial charge in [-0.3, -0.25) is 4.79 Å². The molecule has 102 valence electrons. The molecule has 0 atom stereocenters. The molecule has 1 amide bonds. The highest BCUT2D eigenvalue weighted by atomic mass is 16.7. The summed E-state index contributed by atoms with van der Waals surface area (Å²) in [5, 5.41) is 1.99. The molecule has 1 aliphatic heterocycles. The van der Waals surface area contributed by atoms with Crippen molar-refractivity contribution >= 4 is 18.5 Å². The van der Waals surface area contributed by atoms with Gasteiger partial charge >= 0.3 is 7.12 Å². The van der Waals surface area contributed by atoms with E-state index in [4.69, 9.17) is 13.4 Å². The van der Waals surface area contributed by atoms with Crippen LogP contribution in [0.4, 0.5) is 0 Å². The lowest BCUT2D eigenvalue weighted by molar-refractivity contribution is 0.00578. The molecule has 1 aromatic carbocycles. The van der Waals surface area contributed by atoms with Crippen LogP contribution in [0, 0.1) is 0 Å². The molecule has 1 aromatic rings. The third-order valence-electron chi connectivity index (χ3n) is 3.83. The minimum absolute atomic E-state index is 0.233. The summed E-state index contributed by atoms with van der Waals surface area (Å²) in [7, 11) is -0.719. The Bertz CT molecular complexity index is 571. The monoisotopic (exact) mass is 264 g/mol. The highest BCUT2D eigenvalue weighted by Crippen LogP contribution is 2.36. The van der Waals surface area contributed by atoms with Crippen LogP contribution in [0.5, 0.6) is 0 Å². The Balaban J connectivity index is 2.33. The Morgan fingerprint density at radius 3 is 2.37 bits per heavy atom. The molecule has 1 fully saturated rings. The smallest absolute Gasteiger partial charge is 0.399 e. The molecule has 1 aliphatic rings. The van der Waals surface area contributed by atoms with E-state index in [0.717, 1.165) is 0 Å². The molecule has 5 heteroatoms. The molecule has 0 unspecified atom stereocenters. The van der Waals surface area contributed by atoms with Crippen LogP contribution in [0.25, 0.3) is 0 Å². The summed E-state index contributed by atoms with van der Waals surface area (Å²) >= 11 is 0. The van der Waals surface area contributed by atoms with Crippen molar-refractivity contribution in [2.24, 2.45) is 0 Å². The Morgan fingerprint density at radius 2 is 1.79 bits per heavy atom. The quantitative estimate of drug-likeness (QED) is 0.820. The lowest BCUT2D eigenvalue weighted by atomic mass is 9.76. The number of rotatable bonds is 2. The summed E-state index contributed by atoms with van der Waals surface area (Å²) < 4.78 is 33.3. The summed E-state index contributed by atoms with van der Waals surface area (Å²) in [6, 6.07) is 6.69. The van der Waals surface area contributed by atoms with Crippen molar-refractivity contribution in [2.75, 3.05) is 6.98 Å². The lowest BCUT2D eigenvalue weighted by Crippen LogP contribution is -2.41. The van der Waals surface area contributed by atoms with Crippen molar-refractivity contribution in [3.05, 3.63) is 29.8 Å². The molecular weight excluding hydrogens is 241 g/mol. The summed E-state index contributed by atoms with van der Waals surface area (Å²) in [6.45, 7) is 5.12. The molecule has 1 N–H and O–H groups in total. The summed E-state index contributed by atoms with van der Waals surface area (Å²) in [6.07, 6.45) is 0. The van der Waals surface area contributed by atoms with Crippen molar-refractivity contribution < 1.29 is 18.2 Å². The Labute approximate surface area is 118 Å². The van der Waals surface area contributed by atoms with E-state index in [9.17, 15) is 4.79 Å². The minimum Gasteiger partial charge on any atom is -0.399 e. The van der Waals surface area contributed by atoms with Crippen LogP contribution in [0.3, 0.4) is 0 Å². The molecule has 19 heavy (non-hydrogen) atoms. The molecule has 0 spiro atoms. The Hall–Kier alpha value is -1.33. The fourth-order valence-electron chi connectivity index (χ4n) is 1.95. The largest absolute Gasteiger partial charge is 0.495 e. The van der Waals surface area contributed by atoms with Crippen LogP contribution in [0.15, 0.2) is 24.3 Å². The van der Waals surface area contributed by atoms with E-state index in [1.54, 1.807) is 24.3 Å². The van der Waals surface area contributed by atoms with Gasteiger partial charge in [-0.05, 0) is 39.2 Å². The maximum absolute atomic E-state index is 12.2. The lowest BCUT2D eigenvalue weighted by Gasteiger charge is -2.32. The predicted octanol–water partition coefficient (Wildman–Crippen LogP) is 1.35. The standard InChI is InChI=1S/C14H20BNO3/c1-13(2)14(3,4)19-15(18-13)11-9-7-6-8-10(11)12(17)16-5/h6-9H,1-5H3,(H,16,17)/i5D3. The van der Waals surface area contributed by atoms with E-state index in [1.165, 1.54) is 0 Å². The van der Waals surface area contributed by atoms with Gasteiger partial charge in [-0.1, -0.05) is 18.2 Å². The van der Waals surface area contributed by atoms with Gasteiger partial charge in [0.25, 0.3) is 5.91 Å². The number of benzene rings is 1. The number of carbonyl (C=O) groups excluding carboxylic acids is 1. The number of amides is 1. The van der Waals surface area contributed by atoms with Crippen molar-refractivity contribution in [2.45, 2.75) is 38.9 Å². The molecule has 0 bridgehead atoms. The van der Waals surface area contributed by atoms with Crippen molar-refractivity contribution in [1.82, 2.24) is 5.32 Å². The molecule has 0 radical (unpaired) electrons. The maximum atomic E-state index is 12.2. The topological polar surface area (TPSA) is 47.6 Å². The zero-order valence-electron chi connectivity index (χ0n) is 14.6. The van der Waals surface area contributed by atoms with Crippen LogP contribution in [-0.4, -0.2) is 31.2 Å². The second-order valence-corrected chi connectivity index (χ2v) is 5.63. The molecule has 2 rings (SSSR count). The average molecular weight is 264 g/mol. The second kappa shape index (κ2) is 4.65. The fourth-order valence-corrected chi connectivity index (χ4v) is 1.95. The first kappa shape index (κ1) is 10.5. The second-order valence-electron chi connectivity index (χ2n) is 5.63. The van der Waals surface area contributed by atoms with Crippen LogP contribution in [0.2, 0.25) is 0 Å². The molecule has 1 heterocycles. The fraction of sp³-hybridized carbons (Fsp3) is 0.500. The van der Waals surface area contributed by atoms with Gasteiger partial charge in [0.1, 0.15) is 0 Å². The van der Waals surface area contributed by atoms with E-state index in [-0.39, 0.29) is 5.56 Å². The minimum atomic E-state index is -2.54. The van der Waals surface area contributed by atoms with Gasteiger partial charge in [-0.25, -0.2) is 0 Å². The molecular formula is C14H20BNO3. The van der Waals surface area contributed by atoms with E-state index < -0.39 is 31.2 Å². The Kier molecular flexibility index (Phi) is 2.56. The van der Waals surface area contributed by atoms with Crippen LogP contribution < -0.4 is 10.8 Å². The van der Waals surface area contributed by atoms with E-state index in [1.807, 2.05) is 33.0 Å². The number of hydrogen-bond acceptors (Lipinski definition) is 3. The maximum Gasteiger partial charge on any atom is 0.495 e. The molecule has 0 aromatic heterocycles. The highest BCUT2D eigenvalue weighted by molar-refractivity contribution is 6.63. The zero-order valence-corrected chi connectivity index (χ0v) is 11.6. The van der Waals surface area contributed by atoms with Gasteiger partial charge in [0.05, 0.1) is 11.2 Å². The van der Waals surface area contributed by atoms with Gasteiger partial charge < -0.3 is 14.6 Å².